The average molecular weight is 340 g/mol. The first-order valence-electron chi connectivity index (χ1n) is 7.95. The molecule has 2 amide bonds. The van der Waals surface area contributed by atoms with E-state index in [9.17, 15) is 9.59 Å². The SMILES string of the molecule is O=C1NC(=O)/C(=C/c2ccc3ncnc(N4CCCCC4)c3c2)S1. The van der Waals surface area contributed by atoms with Crippen molar-refractivity contribution in [1.82, 2.24) is 15.3 Å². The Balaban J connectivity index is 1.75. The van der Waals surface area contributed by atoms with Gasteiger partial charge in [0, 0.05) is 18.5 Å². The van der Waals surface area contributed by atoms with Gasteiger partial charge in [0.05, 0.1) is 10.4 Å². The minimum absolute atomic E-state index is 0.329. The van der Waals surface area contributed by atoms with E-state index < -0.39 is 0 Å². The fourth-order valence-corrected chi connectivity index (χ4v) is 3.76. The van der Waals surface area contributed by atoms with E-state index in [-0.39, 0.29) is 11.1 Å². The number of anilines is 1. The lowest BCUT2D eigenvalue weighted by Gasteiger charge is -2.28. The third kappa shape index (κ3) is 2.87. The molecule has 6 nitrogen and oxygen atoms in total. The van der Waals surface area contributed by atoms with E-state index in [1.165, 1.54) is 19.3 Å². The summed E-state index contributed by atoms with van der Waals surface area (Å²) in [6, 6.07) is 5.82. The zero-order chi connectivity index (χ0) is 16.5. The molecule has 0 bridgehead atoms. The molecule has 2 aromatic rings. The number of nitrogens with one attached hydrogen (secondary N) is 1. The number of rotatable bonds is 2. The lowest BCUT2D eigenvalue weighted by molar-refractivity contribution is -0.115. The lowest BCUT2D eigenvalue weighted by atomic mass is 10.1. The molecule has 0 radical (unpaired) electrons. The molecule has 1 N–H and O–H groups in total. The van der Waals surface area contributed by atoms with Crippen LogP contribution in [-0.2, 0) is 4.79 Å². The highest BCUT2D eigenvalue weighted by Gasteiger charge is 2.25. The second-order valence-corrected chi connectivity index (χ2v) is 6.89. The van der Waals surface area contributed by atoms with Gasteiger partial charge in [0.2, 0.25) is 0 Å². The summed E-state index contributed by atoms with van der Waals surface area (Å²) in [6.07, 6.45) is 6.94. The van der Waals surface area contributed by atoms with Crippen molar-refractivity contribution in [1.29, 1.82) is 0 Å². The largest absolute Gasteiger partial charge is 0.356 e. The second-order valence-electron chi connectivity index (χ2n) is 5.87. The smallest absolute Gasteiger partial charge is 0.290 e. The highest BCUT2D eigenvalue weighted by Crippen LogP contribution is 2.29. The predicted octanol–water partition coefficient (Wildman–Crippen LogP) is 2.94. The molecule has 24 heavy (non-hydrogen) atoms. The quantitative estimate of drug-likeness (QED) is 0.847. The van der Waals surface area contributed by atoms with Gasteiger partial charge in [-0.05, 0) is 54.8 Å². The summed E-state index contributed by atoms with van der Waals surface area (Å²) in [5.41, 5.74) is 1.75. The maximum Gasteiger partial charge on any atom is 0.290 e. The summed E-state index contributed by atoms with van der Waals surface area (Å²) < 4.78 is 0. The van der Waals surface area contributed by atoms with Crippen LogP contribution in [0.25, 0.3) is 17.0 Å². The van der Waals surface area contributed by atoms with Crippen molar-refractivity contribution in [3.05, 3.63) is 35.0 Å². The van der Waals surface area contributed by atoms with Gasteiger partial charge in [-0.2, -0.15) is 0 Å². The van der Waals surface area contributed by atoms with E-state index >= 15 is 0 Å². The summed E-state index contributed by atoms with van der Waals surface area (Å²) in [4.78, 5) is 34.5. The molecule has 0 aliphatic carbocycles. The zero-order valence-electron chi connectivity index (χ0n) is 13.0. The molecule has 3 heterocycles. The van der Waals surface area contributed by atoms with Crippen LogP contribution < -0.4 is 10.2 Å². The number of nitrogens with zero attached hydrogens (tertiary/aromatic N) is 3. The third-order valence-corrected chi connectivity index (χ3v) is 5.04. The van der Waals surface area contributed by atoms with Crippen LogP contribution in [0.4, 0.5) is 10.6 Å². The Hall–Kier alpha value is -2.41. The van der Waals surface area contributed by atoms with E-state index in [2.05, 4.69) is 20.2 Å². The number of thioether (sulfide) groups is 1. The van der Waals surface area contributed by atoms with Crippen molar-refractivity contribution in [2.45, 2.75) is 19.3 Å². The van der Waals surface area contributed by atoms with E-state index in [0.717, 1.165) is 47.1 Å². The van der Waals surface area contributed by atoms with Crippen molar-refractivity contribution in [3.63, 3.8) is 0 Å². The Kier molecular flexibility index (Phi) is 3.93. The van der Waals surface area contributed by atoms with Crippen molar-refractivity contribution in [3.8, 4) is 0 Å². The van der Waals surface area contributed by atoms with Crippen molar-refractivity contribution in [2.24, 2.45) is 0 Å². The predicted molar refractivity (Wildman–Crippen MR) is 94.7 cm³/mol. The molecule has 7 heteroatoms. The highest BCUT2D eigenvalue weighted by molar-refractivity contribution is 8.18. The number of hydrogen-bond donors (Lipinski definition) is 1. The van der Waals surface area contributed by atoms with E-state index in [1.54, 1.807) is 12.4 Å². The molecule has 1 aromatic heterocycles. The maximum absolute atomic E-state index is 11.7. The molecule has 0 atom stereocenters. The fraction of sp³-hybridized carbons (Fsp3) is 0.294. The van der Waals surface area contributed by atoms with E-state index in [1.807, 2.05) is 18.2 Å². The number of carbonyl (C=O) groups is 2. The molecule has 0 unspecified atom stereocenters. The van der Waals surface area contributed by atoms with Crippen LogP contribution in [0.1, 0.15) is 24.8 Å². The minimum Gasteiger partial charge on any atom is -0.356 e. The molecule has 0 spiro atoms. The molecule has 2 fully saturated rings. The molecule has 0 saturated carbocycles. The third-order valence-electron chi connectivity index (χ3n) is 4.23. The van der Waals surface area contributed by atoms with Crippen LogP contribution in [0, 0.1) is 0 Å². The van der Waals surface area contributed by atoms with Gasteiger partial charge in [0.25, 0.3) is 11.1 Å². The number of benzene rings is 1. The molecule has 2 saturated heterocycles. The number of fused-ring (bicyclic) bond motifs is 1. The summed E-state index contributed by atoms with van der Waals surface area (Å²) >= 11 is 0.926. The van der Waals surface area contributed by atoms with E-state index in [4.69, 9.17) is 0 Å². The number of hydrogen-bond acceptors (Lipinski definition) is 6. The summed E-state index contributed by atoms with van der Waals surface area (Å²) in [5.74, 6) is 0.602. The molecule has 4 rings (SSSR count). The second kappa shape index (κ2) is 6.24. The summed E-state index contributed by atoms with van der Waals surface area (Å²) in [7, 11) is 0. The maximum atomic E-state index is 11.7. The molecule has 1 aromatic carbocycles. The van der Waals surface area contributed by atoms with Gasteiger partial charge in [-0.25, -0.2) is 9.97 Å². The van der Waals surface area contributed by atoms with Gasteiger partial charge < -0.3 is 4.90 Å². The van der Waals surface area contributed by atoms with Crippen LogP contribution in [0.2, 0.25) is 0 Å². The molecule has 2 aliphatic heterocycles. The average Bonchev–Trinajstić information content (AvgIpc) is 2.92. The van der Waals surface area contributed by atoms with Gasteiger partial charge in [-0.3, -0.25) is 14.9 Å². The van der Waals surface area contributed by atoms with Crippen LogP contribution in [0.15, 0.2) is 29.4 Å². The van der Waals surface area contributed by atoms with Crippen molar-refractivity contribution in [2.75, 3.05) is 18.0 Å². The summed E-state index contributed by atoms with van der Waals surface area (Å²) in [5, 5.41) is 2.92. The first-order valence-corrected chi connectivity index (χ1v) is 8.77. The zero-order valence-corrected chi connectivity index (χ0v) is 13.8. The monoisotopic (exact) mass is 340 g/mol. The van der Waals surface area contributed by atoms with Crippen LogP contribution in [-0.4, -0.2) is 34.2 Å². The van der Waals surface area contributed by atoms with Crippen LogP contribution in [0.3, 0.4) is 0 Å². The Labute approximate surface area is 143 Å². The van der Waals surface area contributed by atoms with Gasteiger partial charge in [-0.15, -0.1) is 0 Å². The Morgan fingerprint density at radius 2 is 1.96 bits per heavy atom. The number of aromatic nitrogens is 2. The molecular weight excluding hydrogens is 324 g/mol. The standard InChI is InChI=1S/C17H16N4O2S/c22-16-14(24-17(23)20-16)9-11-4-5-13-12(8-11)15(19-10-18-13)21-6-2-1-3-7-21/h4-5,8-10H,1-3,6-7H2,(H,20,22,23)/b14-9-. The van der Waals surface area contributed by atoms with Crippen molar-refractivity contribution >= 4 is 45.7 Å². The minimum atomic E-state index is -0.342. The van der Waals surface area contributed by atoms with Crippen molar-refractivity contribution < 1.29 is 9.59 Å². The Morgan fingerprint density at radius 1 is 1.12 bits per heavy atom. The molecule has 122 valence electrons. The van der Waals surface area contributed by atoms with E-state index in [0.29, 0.717) is 4.91 Å². The number of piperidine rings is 1. The number of imide groups is 1. The normalized spacial score (nSPS) is 20.0. The number of carbonyl (C=O) groups excluding carboxylic acids is 2. The van der Waals surface area contributed by atoms with Gasteiger partial charge in [-0.1, -0.05) is 6.07 Å². The van der Waals surface area contributed by atoms with Gasteiger partial charge >= 0.3 is 0 Å². The van der Waals surface area contributed by atoms with Gasteiger partial charge in [0.15, 0.2) is 0 Å². The molecule has 2 aliphatic rings. The van der Waals surface area contributed by atoms with Gasteiger partial charge in [0.1, 0.15) is 12.1 Å². The van der Waals surface area contributed by atoms with Crippen LogP contribution in [0.5, 0.6) is 0 Å². The number of amides is 2. The Morgan fingerprint density at radius 3 is 2.71 bits per heavy atom. The lowest BCUT2D eigenvalue weighted by Crippen LogP contribution is -2.30. The highest BCUT2D eigenvalue weighted by atomic mass is 32.2. The first kappa shape index (κ1) is 15.1. The summed E-state index contributed by atoms with van der Waals surface area (Å²) in [6.45, 7) is 2.01. The first-order chi connectivity index (χ1) is 11.7. The Bertz CT molecular complexity index is 859. The fourth-order valence-electron chi connectivity index (χ4n) is 3.08. The van der Waals surface area contributed by atoms with Crippen LogP contribution >= 0.6 is 11.8 Å². The topological polar surface area (TPSA) is 75.2 Å². The molecular formula is C17H16N4O2S.